The highest BCUT2D eigenvalue weighted by molar-refractivity contribution is 5.80. The van der Waals surface area contributed by atoms with Crippen molar-refractivity contribution >= 4 is 10.9 Å². The minimum Gasteiger partial charge on any atom is -0.311 e. The number of nitrogens with zero attached hydrogens (tertiary/aromatic N) is 2. The Hall–Kier alpha value is -1.72. The Kier molecular flexibility index (Phi) is 3.78. The zero-order chi connectivity index (χ0) is 15.0. The summed E-state index contributed by atoms with van der Waals surface area (Å²) in [6, 6.07) is 6.63. The number of rotatable bonds is 2. The van der Waals surface area contributed by atoms with Crippen LogP contribution in [0, 0.1) is 6.92 Å². The third-order valence-corrected chi connectivity index (χ3v) is 4.23. The van der Waals surface area contributed by atoms with Crippen LogP contribution in [-0.4, -0.2) is 40.0 Å². The van der Waals surface area contributed by atoms with Crippen LogP contribution in [0.3, 0.4) is 0 Å². The number of aryl methyl sites for hydroxylation is 1. The average Bonchev–Trinajstić information content (AvgIpc) is 2.44. The normalized spacial score (nSPS) is 23.6. The fraction of sp³-hybridized carbons (Fsp3) is 0.500. The van der Waals surface area contributed by atoms with Crippen LogP contribution in [-0.2, 0) is 6.54 Å². The standard InChI is InChI=1S/C16H22N4O/c1-10-5-4-6-13-15(10)18-14(19-16(13)21)9-20-8-11(2)17-7-12(20)3/h4-6,11-12,17H,7-9H2,1-3H3,(H,18,19,21). The van der Waals surface area contributed by atoms with Crippen molar-refractivity contribution in [2.45, 2.75) is 39.4 Å². The Morgan fingerprint density at radius 1 is 1.38 bits per heavy atom. The number of hydrogen-bond acceptors (Lipinski definition) is 4. The molecule has 2 unspecified atom stereocenters. The van der Waals surface area contributed by atoms with Crippen LogP contribution in [0.5, 0.6) is 0 Å². The predicted octanol–water partition coefficient (Wildman–Crippen LogP) is 1.41. The van der Waals surface area contributed by atoms with Gasteiger partial charge in [0.15, 0.2) is 0 Å². The van der Waals surface area contributed by atoms with E-state index in [4.69, 9.17) is 0 Å². The summed E-state index contributed by atoms with van der Waals surface area (Å²) in [5.74, 6) is 0.753. The van der Waals surface area contributed by atoms with Gasteiger partial charge in [0, 0.05) is 25.2 Å². The molecular weight excluding hydrogens is 264 g/mol. The lowest BCUT2D eigenvalue weighted by Gasteiger charge is -2.37. The summed E-state index contributed by atoms with van der Waals surface area (Å²) < 4.78 is 0. The number of H-pyrrole nitrogens is 1. The van der Waals surface area contributed by atoms with E-state index in [1.54, 1.807) is 0 Å². The Morgan fingerprint density at radius 2 is 2.19 bits per heavy atom. The van der Waals surface area contributed by atoms with E-state index in [1.165, 1.54) is 0 Å². The molecule has 1 aromatic heterocycles. The molecule has 0 amide bonds. The van der Waals surface area contributed by atoms with Crippen LogP contribution in [0.15, 0.2) is 23.0 Å². The fourth-order valence-electron chi connectivity index (χ4n) is 2.94. The predicted molar refractivity (Wildman–Crippen MR) is 84.4 cm³/mol. The lowest BCUT2D eigenvalue weighted by atomic mass is 10.1. The van der Waals surface area contributed by atoms with Gasteiger partial charge < -0.3 is 10.3 Å². The van der Waals surface area contributed by atoms with Crippen molar-refractivity contribution in [3.05, 3.63) is 39.9 Å². The summed E-state index contributed by atoms with van der Waals surface area (Å²) in [5, 5.41) is 4.13. The summed E-state index contributed by atoms with van der Waals surface area (Å²) in [6.45, 7) is 9.00. The van der Waals surface area contributed by atoms with Gasteiger partial charge in [0.1, 0.15) is 5.82 Å². The Bertz CT molecular complexity index is 709. The molecule has 5 heteroatoms. The van der Waals surface area contributed by atoms with E-state index in [2.05, 4.69) is 34.0 Å². The zero-order valence-electron chi connectivity index (χ0n) is 12.8. The van der Waals surface area contributed by atoms with Gasteiger partial charge in [-0.05, 0) is 32.4 Å². The monoisotopic (exact) mass is 286 g/mol. The number of aromatic nitrogens is 2. The summed E-state index contributed by atoms with van der Waals surface area (Å²) in [6.07, 6.45) is 0. The first kappa shape index (κ1) is 14.2. The molecule has 21 heavy (non-hydrogen) atoms. The van der Waals surface area contributed by atoms with Crippen LogP contribution in [0.4, 0.5) is 0 Å². The molecule has 1 fully saturated rings. The molecule has 112 valence electrons. The van der Waals surface area contributed by atoms with E-state index in [-0.39, 0.29) is 5.56 Å². The summed E-state index contributed by atoms with van der Waals surface area (Å²) in [5.41, 5.74) is 1.81. The molecular formula is C16H22N4O. The molecule has 0 bridgehead atoms. The smallest absolute Gasteiger partial charge is 0.258 e. The molecule has 1 aliphatic rings. The van der Waals surface area contributed by atoms with Gasteiger partial charge in [-0.25, -0.2) is 4.98 Å². The highest BCUT2D eigenvalue weighted by atomic mass is 16.1. The molecule has 2 heterocycles. The van der Waals surface area contributed by atoms with Crippen molar-refractivity contribution in [2.75, 3.05) is 13.1 Å². The van der Waals surface area contributed by atoms with E-state index in [9.17, 15) is 4.79 Å². The van der Waals surface area contributed by atoms with Gasteiger partial charge in [0.05, 0.1) is 17.4 Å². The third-order valence-electron chi connectivity index (χ3n) is 4.23. The Balaban J connectivity index is 1.94. The summed E-state index contributed by atoms with van der Waals surface area (Å²) >= 11 is 0. The maximum Gasteiger partial charge on any atom is 0.258 e. The van der Waals surface area contributed by atoms with E-state index in [0.717, 1.165) is 30.0 Å². The molecule has 0 aliphatic carbocycles. The summed E-state index contributed by atoms with van der Waals surface area (Å²) in [4.78, 5) is 22.2. The second-order valence-corrected chi connectivity index (χ2v) is 6.07. The lowest BCUT2D eigenvalue weighted by molar-refractivity contribution is 0.135. The van der Waals surface area contributed by atoms with Crippen molar-refractivity contribution in [3.63, 3.8) is 0 Å². The van der Waals surface area contributed by atoms with E-state index in [0.29, 0.717) is 24.0 Å². The molecule has 3 rings (SSSR count). The molecule has 5 nitrogen and oxygen atoms in total. The molecule has 2 atom stereocenters. The van der Waals surface area contributed by atoms with E-state index in [1.807, 2.05) is 25.1 Å². The van der Waals surface area contributed by atoms with Crippen LogP contribution in [0.25, 0.3) is 10.9 Å². The van der Waals surface area contributed by atoms with E-state index < -0.39 is 0 Å². The maximum absolute atomic E-state index is 12.2. The minimum absolute atomic E-state index is 0.0467. The highest BCUT2D eigenvalue weighted by Gasteiger charge is 2.23. The summed E-state index contributed by atoms with van der Waals surface area (Å²) in [7, 11) is 0. The van der Waals surface area contributed by atoms with Gasteiger partial charge >= 0.3 is 0 Å². The first-order valence-corrected chi connectivity index (χ1v) is 7.50. The van der Waals surface area contributed by atoms with Crippen molar-refractivity contribution in [1.29, 1.82) is 0 Å². The van der Waals surface area contributed by atoms with Crippen molar-refractivity contribution < 1.29 is 0 Å². The second kappa shape index (κ2) is 5.58. The molecule has 1 aliphatic heterocycles. The number of benzene rings is 1. The zero-order valence-corrected chi connectivity index (χ0v) is 12.8. The van der Waals surface area contributed by atoms with Gasteiger partial charge in [-0.1, -0.05) is 12.1 Å². The quantitative estimate of drug-likeness (QED) is 0.876. The van der Waals surface area contributed by atoms with Crippen molar-refractivity contribution in [1.82, 2.24) is 20.2 Å². The Morgan fingerprint density at radius 3 is 3.00 bits per heavy atom. The maximum atomic E-state index is 12.2. The number of piperazine rings is 1. The highest BCUT2D eigenvalue weighted by Crippen LogP contribution is 2.14. The first-order chi connectivity index (χ1) is 10.0. The fourth-order valence-corrected chi connectivity index (χ4v) is 2.94. The number of para-hydroxylation sites is 1. The van der Waals surface area contributed by atoms with Crippen LogP contribution in [0.1, 0.15) is 25.2 Å². The number of nitrogens with one attached hydrogen (secondary N) is 2. The molecule has 0 spiro atoms. The van der Waals surface area contributed by atoms with Gasteiger partial charge in [0.2, 0.25) is 0 Å². The molecule has 1 aromatic carbocycles. The third kappa shape index (κ3) is 2.84. The van der Waals surface area contributed by atoms with Crippen molar-refractivity contribution in [3.8, 4) is 0 Å². The molecule has 0 radical (unpaired) electrons. The molecule has 0 saturated carbocycles. The first-order valence-electron chi connectivity index (χ1n) is 7.50. The Labute approximate surface area is 124 Å². The van der Waals surface area contributed by atoms with Gasteiger partial charge in [-0.3, -0.25) is 9.69 Å². The lowest BCUT2D eigenvalue weighted by Crippen LogP contribution is -2.53. The second-order valence-electron chi connectivity index (χ2n) is 6.07. The average molecular weight is 286 g/mol. The van der Waals surface area contributed by atoms with Crippen LogP contribution < -0.4 is 10.9 Å². The van der Waals surface area contributed by atoms with Crippen LogP contribution in [0.2, 0.25) is 0 Å². The van der Waals surface area contributed by atoms with Crippen LogP contribution >= 0.6 is 0 Å². The van der Waals surface area contributed by atoms with Gasteiger partial charge in [-0.2, -0.15) is 0 Å². The van der Waals surface area contributed by atoms with Gasteiger partial charge in [0.25, 0.3) is 5.56 Å². The molecule has 1 saturated heterocycles. The van der Waals surface area contributed by atoms with E-state index >= 15 is 0 Å². The van der Waals surface area contributed by atoms with Crippen molar-refractivity contribution in [2.24, 2.45) is 0 Å². The molecule has 2 N–H and O–H groups in total. The SMILES string of the molecule is Cc1cccc2c(=O)[nH]c(CN3CC(C)NCC3C)nc12. The number of aromatic amines is 1. The largest absolute Gasteiger partial charge is 0.311 e. The topological polar surface area (TPSA) is 61.0 Å². The minimum atomic E-state index is -0.0467. The number of hydrogen-bond donors (Lipinski definition) is 2. The van der Waals surface area contributed by atoms with Gasteiger partial charge in [-0.15, -0.1) is 0 Å². The molecule has 2 aromatic rings. The number of fused-ring (bicyclic) bond motifs is 1.